The summed E-state index contributed by atoms with van der Waals surface area (Å²) in [6.07, 6.45) is 4.07. The zero-order valence-electron chi connectivity index (χ0n) is 19.8. The van der Waals surface area contributed by atoms with E-state index in [1.165, 1.54) is 27.1 Å². The molecular formula is C23H22F3N7O4. The molecule has 37 heavy (non-hydrogen) atoms. The van der Waals surface area contributed by atoms with Crippen LogP contribution >= 0.6 is 0 Å². The zero-order chi connectivity index (χ0) is 26.4. The molecule has 0 aliphatic carbocycles. The van der Waals surface area contributed by atoms with Gasteiger partial charge >= 0.3 is 6.03 Å². The van der Waals surface area contributed by atoms with Crippen molar-refractivity contribution in [3.8, 4) is 0 Å². The van der Waals surface area contributed by atoms with Gasteiger partial charge in [-0.2, -0.15) is 5.10 Å². The first kappa shape index (κ1) is 24.3. The molecule has 1 saturated heterocycles. The fourth-order valence-electron chi connectivity index (χ4n) is 4.55. The van der Waals surface area contributed by atoms with Gasteiger partial charge in [0.15, 0.2) is 23.8 Å². The highest BCUT2D eigenvalue weighted by molar-refractivity contribution is 5.98. The molecule has 2 atom stereocenters. The summed E-state index contributed by atoms with van der Waals surface area (Å²) in [5, 5.41) is 6.75. The quantitative estimate of drug-likeness (QED) is 0.532. The first-order valence-corrected chi connectivity index (χ1v) is 11.4. The van der Waals surface area contributed by atoms with Crippen molar-refractivity contribution in [2.75, 3.05) is 23.8 Å². The number of carbonyl (C=O) groups is 3. The van der Waals surface area contributed by atoms with Crippen LogP contribution in [-0.2, 0) is 17.9 Å². The van der Waals surface area contributed by atoms with Crippen molar-refractivity contribution in [2.24, 2.45) is 0 Å². The number of likely N-dealkylation sites (N-methyl/N-ethyl adjacent to an activating group) is 1. The summed E-state index contributed by atoms with van der Waals surface area (Å²) in [4.78, 5) is 46.6. The van der Waals surface area contributed by atoms with Crippen LogP contribution in [0.1, 0.15) is 29.6 Å². The van der Waals surface area contributed by atoms with Crippen LogP contribution in [0.4, 0.5) is 29.3 Å². The van der Waals surface area contributed by atoms with E-state index in [1.54, 1.807) is 18.7 Å². The van der Waals surface area contributed by atoms with Gasteiger partial charge < -0.3 is 24.4 Å². The Morgan fingerprint density at radius 1 is 1.16 bits per heavy atom. The number of urea groups is 1. The molecule has 2 aliphatic heterocycles. The van der Waals surface area contributed by atoms with E-state index in [-0.39, 0.29) is 42.9 Å². The molecule has 1 unspecified atom stereocenters. The van der Waals surface area contributed by atoms with Crippen molar-refractivity contribution < 1.29 is 32.0 Å². The minimum Gasteiger partial charge on any atom is -0.438 e. The summed E-state index contributed by atoms with van der Waals surface area (Å²) < 4.78 is 47.2. The molecule has 4 amide bonds. The molecule has 1 N–H and O–H groups in total. The highest BCUT2D eigenvalue weighted by Gasteiger charge is 2.39. The first-order valence-electron chi connectivity index (χ1n) is 11.4. The van der Waals surface area contributed by atoms with E-state index < -0.39 is 35.4 Å². The maximum Gasteiger partial charge on any atom is 0.322 e. The largest absolute Gasteiger partial charge is 0.438 e. The van der Waals surface area contributed by atoms with Gasteiger partial charge in [-0.15, -0.1) is 0 Å². The standard InChI is InChI=1S/C23H22F3N7O4/c1-12-8-33-18(10-31(12)23(36)29-13-3-15(24)21(26)16(25)4-13)17(6-28-33)32-9-14(5-20(32)34)30(2)22(35)19-7-27-11-37-19/h3-4,6-7,11-12,14H,5,8-10H2,1-2H3,(H,29,36)/t12-,14?/m0/s1. The van der Waals surface area contributed by atoms with Crippen molar-refractivity contribution in [2.45, 2.75) is 38.5 Å². The van der Waals surface area contributed by atoms with E-state index in [0.29, 0.717) is 30.1 Å². The molecule has 194 valence electrons. The van der Waals surface area contributed by atoms with E-state index in [1.807, 2.05) is 0 Å². The lowest BCUT2D eigenvalue weighted by molar-refractivity contribution is -0.117. The number of hydrogen-bond acceptors (Lipinski definition) is 6. The Labute approximate surface area is 208 Å². The number of hydrogen-bond donors (Lipinski definition) is 1. The molecule has 3 aromatic rings. The first-order chi connectivity index (χ1) is 17.6. The maximum absolute atomic E-state index is 13.6. The minimum atomic E-state index is -1.63. The maximum atomic E-state index is 13.6. The normalized spacial score (nSPS) is 19.2. The summed E-state index contributed by atoms with van der Waals surface area (Å²) in [6, 6.07) is -0.0336. The van der Waals surface area contributed by atoms with Crippen LogP contribution < -0.4 is 10.2 Å². The number of anilines is 2. The predicted molar refractivity (Wildman–Crippen MR) is 122 cm³/mol. The van der Waals surface area contributed by atoms with Gasteiger partial charge in [0, 0.05) is 37.8 Å². The second kappa shape index (κ2) is 9.26. The van der Waals surface area contributed by atoms with Gasteiger partial charge in [-0.05, 0) is 6.92 Å². The van der Waals surface area contributed by atoms with Crippen LogP contribution in [0.3, 0.4) is 0 Å². The Morgan fingerprint density at radius 3 is 2.57 bits per heavy atom. The third-order valence-electron chi connectivity index (χ3n) is 6.62. The zero-order valence-corrected chi connectivity index (χ0v) is 19.8. The summed E-state index contributed by atoms with van der Waals surface area (Å²) in [7, 11) is 1.58. The SMILES string of the molecule is C[C@H]1Cn2ncc(N3CC(N(C)C(=O)c4cnco4)CC3=O)c2CN1C(=O)Nc1cc(F)c(F)c(F)c1. The average molecular weight is 517 g/mol. The molecule has 2 aromatic heterocycles. The molecule has 1 fully saturated rings. The second-order valence-electron chi connectivity index (χ2n) is 8.96. The van der Waals surface area contributed by atoms with E-state index in [0.717, 1.165) is 6.39 Å². The third kappa shape index (κ3) is 4.38. The van der Waals surface area contributed by atoms with Crippen LogP contribution in [0.15, 0.2) is 35.3 Å². The highest BCUT2D eigenvalue weighted by Crippen LogP contribution is 2.31. The van der Waals surface area contributed by atoms with Crippen molar-refractivity contribution in [1.29, 1.82) is 0 Å². The Bertz CT molecular complexity index is 1350. The number of fused-ring (bicyclic) bond motifs is 1. The third-order valence-corrected chi connectivity index (χ3v) is 6.62. The van der Waals surface area contributed by atoms with Crippen molar-refractivity contribution in [3.05, 3.63) is 59.8 Å². The fraction of sp³-hybridized carbons (Fsp3) is 0.348. The Hall–Kier alpha value is -4.36. The van der Waals surface area contributed by atoms with Crippen LogP contribution in [0.25, 0.3) is 0 Å². The lowest BCUT2D eigenvalue weighted by Crippen LogP contribution is -2.47. The van der Waals surface area contributed by atoms with Gasteiger partial charge in [0.05, 0.1) is 48.9 Å². The molecule has 14 heteroatoms. The number of benzene rings is 1. The van der Waals surface area contributed by atoms with E-state index in [4.69, 9.17) is 4.42 Å². The van der Waals surface area contributed by atoms with Crippen molar-refractivity contribution in [3.63, 3.8) is 0 Å². The van der Waals surface area contributed by atoms with Crippen molar-refractivity contribution >= 4 is 29.2 Å². The molecular weight excluding hydrogens is 495 g/mol. The van der Waals surface area contributed by atoms with Gasteiger partial charge in [0.25, 0.3) is 5.91 Å². The number of nitrogens with zero attached hydrogens (tertiary/aromatic N) is 6. The number of amides is 4. The number of halogens is 3. The van der Waals surface area contributed by atoms with Crippen LogP contribution in [0.2, 0.25) is 0 Å². The molecule has 5 rings (SSSR count). The Morgan fingerprint density at radius 2 is 1.89 bits per heavy atom. The summed E-state index contributed by atoms with van der Waals surface area (Å²) >= 11 is 0. The Balaban J connectivity index is 1.32. The molecule has 0 bridgehead atoms. The number of carbonyl (C=O) groups excluding carboxylic acids is 3. The van der Waals surface area contributed by atoms with E-state index >= 15 is 0 Å². The molecule has 4 heterocycles. The van der Waals surface area contributed by atoms with Crippen LogP contribution in [0, 0.1) is 17.5 Å². The molecule has 11 nitrogen and oxygen atoms in total. The monoisotopic (exact) mass is 517 g/mol. The number of rotatable bonds is 4. The van der Waals surface area contributed by atoms with Crippen LogP contribution in [0.5, 0.6) is 0 Å². The second-order valence-corrected chi connectivity index (χ2v) is 8.96. The smallest absolute Gasteiger partial charge is 0.322 e. The summed E-state index contributed by atoms with van der Waals surface area (Å²) in [6.45, 7) is 2.35. The van der Waals surface area contributed by atoms with E-state index in [2.05, 4.69) is 15.4 Å². The van der Waals surface area contributed by atoms with Crippen molar-refractivity contribution in [1.82, 2.24) is 24.6 Å². The lowest BCUT2D eigenvalue weighted by atomic mass is 10.2. The Kier molecular flexibility index (Phi) is 6.09. The molecule has 2 aliphatic rings. The number of aromatic nitrogens is 3. The predicted octanol–water partition coefficient (Wildman–Crippen LogP) is 2.60. The summed E-state index contributed by atoms with van der Waals surface area (Å²) in [5.74, 6) is -5.02. The average Bonchev–Trinajstić information content (AvgIpc) is 3.61. The van der Waals surface area contributed by atoms with Gasteiger partial charge in [-0.1, -0.05) is 0 Å². The molecule has 0 radical (unpaired) electrons. The summed E-state index contributed by atoms with van der Waals surface area (Å²) in [5.41, 5.74) is 0.851. The topological polar surface area (TPSA) is 117 Å². The van der Waals surface area contributed by atoms with Gasteiger partial charge in [0.1, 0.15) is 0 Å². The molecule has 0 saturated carbocycles. The van der Waals surface area contributed by atoms with Gasteiger partial charge in [-0.3, -0.25) is 14.3 Å². The molecule has 0 spiro atoms. The highest BCUT2D eigenvalue weighted by atomic mass is 19.2. The minimum absolute atomic E-state index is 0.0514. The van der Waals surface area contributed by atoms with E-state index in [9.17, 15) is 27.6 Å². The van der Waals surface area contributed by atoms with Gasteiger partial charge in [0.2, 0.25) is 11.7 Å². The van der Waals surface area contributed by atoms with Gasteiger partial charge in [-0.25, -0.2) is 22.9 Å². The lowest BCUT2D eigenvalue weighted by Gasteiger charge is -2.35. The number of oxazole rings is 1. The molecule has 1 aromatic carbocycles. The van der Waals surface area contributed by atoms with Crippen LogP contribution in [-0.4, -0.2) is 68.1 Å². The fourth-order valence-corrected chi connectivity index (χ4v) is 4.55. The number of nitrogens with one attached hydrogen (secondary N) is 1.